The first-order valence-corrected chi connectivity index (χ1v) is 11.4. The minimum atomic E-state index is -4.51. The van der Waals surface area contributed by atoms with Crippen LogP contribution in [0.4, 0.5) is 8.78 Å². The zero-order valence-electron chi connectivity index (χ0n) is 16.8. The number of hydrogen-bond acceptors (Lipinski definition) is 4. The van der Waals surface area contributed by atoms with Crippen molar-refractivity contribution in [2.24, 2.45) is 0 Å². The molecule has 0 amide bonds. The number of ether oxygens (including phenoxy) is 2. The summed E-state index contributed by atoms with van der Waals surface area (Å²) in [4.78, 5) is -0.988. The van der Waals surface area contributed by atoms with Crippen LogP contribution in [0, 0.1) is 11.6 Å². The molecule has 0 fully saturated rings. The molecule has 0 aliphatic carbocycles. The molecular weight excluding hydrogens is 492 g/mol. The molecule has 164 valence electrons. The summed E-state index contributed by atoms with van der Waals surface area (Å²) >= 11 is 2.97. The summed E-state index contributed by atoms with van der Waals surface area (Å²) < 4.78 is 67.1. The molecule has 0 N–H and O–H groups in total. The number of hydrogen-bond donors (Lipinski definition) is 0. The SMILES string of the molecule is COc1ccc(CN(Cc2ccc(OC)cc2)S(=O)(=O)c2c(F)cc(Br)cc2F)cc1. The smallest absolute Gasteiger partial charge is 0.249 e. The van der Waals surface area contributed by atoms with Crippen LogP contribution in [0.1, 0.15) is 11.1 Å². The first kappa shape index (κ1) is 23.2. The average Bonchev–Trinajstić information content (AvgIpc) is 2.73. The summed E-state index contributed by atoms with van der Waals surface area (Å²) in [5, 5.41) is 0. The zero-order valence-corrected chi connectivity index (χ0v) is 19.2. The second-order valence-corrected chi connectivity index (χ2v) is 9.46. The summed E-state index contributed by atoms with van der Waals surface area (Å²) in [6.07, 6.45) is 0. The second-order valence-electron chi connectivity index (χ2n) is 6.67. The lowest BCUT2D eigenvalue weighted by Crippen LogP contribution is -2.31. The Morgan fingerprint density at radius 2 is 1.19 bits per heavy atom. The van der Waals surface area contributed by atoms with Crippen LogP contribution in [0.2, 0.25) is 0 Å². The standard InChI is InChI=1S/C22H20BrF2NO4S/c1-29-18-7-3-15(4-8-18)13-26(14-16-5-9-19(30-2)10-6-16)31(27,28)22-20(24)11-17(23)12-21(22)25/h3-12H,13-14H2,1-2H3. The predicted molar refractivity (Wildman–Crippen MR) is 116 cm³/mol. The van der Waals surface area contributed by atoms with Gasteiger partial charge in [-0.2, -0.15) is 4.31 Å². The van der Waals surface area contributed by atoms with Crippen molar-refractivity contribution in [3.63, 3.8) is 0 Å². The highest BCUT2D eigenvalue weighted by atomic mass is 79.9. The molecule has 31 heavy (non-hydrogen) atoms. The Morgan fingerprint density at radius 3 is 1.55 bits per heavy atom. The monoisotopic (exact) mass is 511 g/mol. The van der Waals surface area contributed by atoms with Crippen molar-refractivity contribution in [2.75, 3.05) is 14.2 Å². The first-order valence-electron chi connectivity index (χ1n) is 9.15. The van der Waals surface area contributed by atoms with Gasteiger partial charge in [0.05, 0.1) is 14.2 Å². The molecule has 0 radical (unpaired) electrons. The van der Waals surface area contributed by atoms with E-state index in [1.807, 2.05) is 0 Å². The van der Waals surface area contributed by atoms with Gasteiger partial charge in [-0.15, -0.1) is 0 Å². The van der Waals surface area contributed by atoms with Gasteiger partial charge in [0.15, 0.2) is 4.90 Å². The van der Waals surface area contributed by atoms with Crippen LogP contribution >= 0.6 is 15.9 Å². The highest BCUT2D eigenvalue weighted by molar-refractivity contribution is 9.10. The van der Waals surface area contributed by atoms with Crippen LogP contribution in [0.15, 0.2) is 70.0 Å². The molecule has 0 aliphatic rings. The van der Waals surface area contributed by atoms with Gasteiger partial charge in [0.25, 0.3) is 0 Å². The lowest BCUT2D eigenvalue weighted by atomic mass is 10.2. The Labute approximate surface area is 188 Å². The van der Waals surface area contributed by atoms with E-state index in [1.54, 1.807) is 48.5 Å². The third-order valence-electron chi connectivity index (χ3n) is 4.60. The van der Waals surface area contributed by atoms with E-state index in [1.165, 1.54) is 14.2 Å². The van der Waals surface area contributed by atoms with Crippen LogP contribution in [-0.2, 0) is 23.1 Å². The molecule has 9 heteroatoms. The third-order valence-corrected chi connectivity index (χ3v) is 6.90. The first-order chi connectivity index (χ1) is 14.7. The summed E-state index contributed by atoms with van der Waals surface area (Å²) in [5.41, 5.74) is 1.27. The van der Waals surface area contributed by atoms with Crippen molar-refractivity contribution in [3.8, 4) is 11.5 Å². The summed E-state index contributed by atoms with van der Waals surface area (Å²) in [7, 11) is -1.46. The molecule has 0 atom stereocenters. The molecule has 0 saturated carbocycles. The van der Waals surface area contributed by atoms with Gasteiger partial charge in [0.1, 0.15) is 23.1 Å². The molecule has 0 heterocycles. The fourth-order valence-electron chi connectivity index (χ4n) is 3.00. The van der Waals surface area contributed by atoms with Gasteiger partial charge in [0.2, 0.25) is 10.0 Å². The molecule has 0 spiro atoms. The molecule has 3 aromatic rings. The quantitative estimate of drug-likeness (QED) is 0.420. The molecule has 0 aromatic heterocycles. The molecule has 3 aromatic carbocycles. The highest BCUT2D eigenvalue weighted by Crippen LogP contribution is 2.29. The number of methoxy groups -OCH3 is 2. The van der Waals surface area contributed by atoms with Gasteiger partial charge in [-0.1, -0.05) is 40.2 Å². The van der Waals surface area contributed by atoms with E-state index < -0.39 is 26.6 Å². The van der Waals surface area contributed by atoms with E-state index in [9.17, 15) is 17.2 Å². The number of nitrogens with zero attached hydrogens (tertiary/aromatic N) is 1. The van der Waals surface area contributed by atoms with Gasteiger partial charge < -0.3 is 9.47 Å². The van der Waals surface area contributed by atoms with E-state index in [0.717, 1.165) is 16.4 Å². The van der Waals surface area contributed by atoms with Crippen LogP contribution in [0.25, 0.3) is 0 Å². The predicted octanol–water partition coefficient (Wildman–Crippen LogP) is 5.14. The maximum atomic E-state index is 14.5. The van der Waals surface area contributed by atoms with Gasteiger partial charge in [0, 0.05) is 17.6 Å². The minimum absolute atomic E-state index is 0.0900. The highest BCUT2D eigenvalue weighted by Gasteiger charge is 2.31. The maximum absolute atomic E-state index is 14.5. The number of benzene rings is 3. The Hall–Kier alpha value is -2.49. The third kappa shape index (κ3) is 5.41. The van der Waals surface area contributed by atoms with Crippen LogP contribution in [0.5, 0.6) is 11.5 Å². The van der Waals surface area contributed by atoms with Crippen LogP contribution in [-0.4, -0.2) is 26.9 Å². The largest absolute Gasteiger partial charge is 0.497 e. The van der Waals surface area contributed by atoms with Gasteiger partial charge >= 0.3 is 0 Å². The van der Waals surface area contributed by atoms with Gasteiger partial charge in [-0.05, 0) is 47.5 Å². The Bertz CT molecular complexity index is 1080. The van der Waals surface area contributed by atoms with Crippen molar-refractivity contribution in [2.45, 2.75) is 18.0 Å². The summed E-state index contributed by atoms with van der Waals surface area (Å²) in [6.45, 7) is -0.180. The molecule has 0 unspecified atom stereocenters. The van der Waals surface area contributed by atoms with Crippen molar-refractivity contribution >= 4 is 26.0 Å². The van der Waals surface area contributed by atoms with E-state index in [0.29, 0.717) is 22.6 Å². The van der Waals surface area contributed by atoms with Crippen LogP contribution < -0.4 is 9.47 Å². The fourth-order valence-corrected chi connectivity index (χ4v) is 4.91. The number of rotatable bonds is 8. The second kappa shape index (κ2) is 9.76. The summed E-state index contributed by atoms with van der Waals surface area (Å²) in [5.74, 6) is -1.11. The number of sulfonamides is 1. The summed E-state index contributed by atoms with van der Waals surface area (Å²) in [6, 6.07) is 15.4. The van der Waals surface area contributed by atoms with E-state index in [-0.39, 0.29) is 17.6 Å². The normalized spacial score (nSPS) is 11.5. The molecule has 5 nitrogen and oxygen atoms in total. The molecule has 0 aliphatic heterocycles. The van der Waals surface area contributed by atoms with Gasteiger partial charge in [-0.25, -0.2) is 17.2 Å². The van der Waals surface area contributed by atoms with Crippen molar-refractivity contribution in [1.82, 2.24) is 4.31 Å². The zero-order chi connectivity index (χ0) is 22.6. The topological polar surface area (TPSA) is 55.8 Å². The van der Waals surface area contributed by atoms with Crippen LogP contribution in [0.3, 0.4) is 0 Å². The molecule has 3 rings (SSSR count). The van der Waals surface area contributed by atoms with E-state index in [4.69, 9.17) is 9.47 Å². The van der Waals surface area contributed by atoms with Crippen molar-refractivity contribution in [1.29, 1.82) is 0 Å². The Balaban J connectivity index is 2.02. The van der Waals surface area contributed by atoms with Crippen molar-refractivity contribution < 1.29 is 26.7 Å². The Morgan fingerprint density at radius 1 is 0.806 bits per heavy atom. The lowest BCUT2D eigenvalue weighted by molar-refractivity contribution is 0.390. The lowest BCUT2D eigenvalue weighted by Gasteiger charge is -2.23. The van der Waals surface area contributed by atoms with E-state index >= 15 is 0 Å². The van der Waals surface area contributed by atoms with Crippen molar-refractivity contribution in [3.05, 3.63) is 87.9 Å². The average molecular weight is 512 g/mol. The minimum Gasteiger partial charge on any atom is -0.497 e. The fraction of sp³-hybridized carbons (Fsp3) is 0.182. The molecule has 0 bridgehead atoms. The van der Waals surface area contributed by atoms with E-state index in [2.05, 4.69) is 15.9 Å². The molecular formula is C22H20BrF2NO4S. The van der Waals surface area contributed by atoms with Gasteiger partial charge in [-0.3, -0.25) is 0 Å². The molecule has 0 saturated heterocycles. The number of halogens is 3. The maximum Gasteiger partial charge on any atom is 0.249 e. The Kier molecular flexibility index (Phi) is 7.30.